The largest absolute Gasteiger partial charge is 0.480 e. The standard InChI is InChI=1S/C13H13F4NO2/c14-10-4-3-9(13(15,16)17)6-8(10)7-18-5-1-2-11(18)12(19)20/h3-4,6,11H,1-2,5,7H2,(H,19,20)/t11-/m1/s1. The second-order valence-electron chi connectivity index (χ2n) is 4.77. The molecule has 110 valence electrons. The Balaban J connectivity index is 2.22. The molecule has 1 saturated heterocycles. The van der Waals surface area contributed by atoms with E-state index in [0.717, 1.165) is 12.1 Å². The number of carboxylic acids is 1. The lowest BCUT2D eigenvalue weighted by Crippen LogP contribution is -2.35. The van der Waals surface area contributed by atoms with Crippen LogP contribution in [0.1, 0.15) is 24.0 Å². The predicted octanol–water partition coefficient (Wildman–Crippen LogP) is 2.89. The van der Waals surface area contributed by atoms with Gasteiger partial charge in [-0.2, -0.15) is 13.2 Å². The van der Waals surface area contributed by atoms with Crippen LogP contribution in [-0.4, -0.2) is 28.6 Å². The van der Waals surface area contributed by atoms with Crippen LogP contribution in [0, 0.1) is 5.82 Å². The zero-order valence-corrected chi connectivity index (χ0v) is 10.5. The first kappa shape index (κ1) is 14.8. The van der Waals surface area contributed by atoms with E-state index in [1.54, 1.807) is 0 Å². The third-order valence-electron chi connectivity index (χ3n) is 3.40. The number of halogens is 4. The molecule has 2 rings (SSSR count). The molecular formula is C13H13F4NO2. The van der Waals surface area contributed by atoms with Crippen molar-refractivity contribution in [3.05, 3.63) is 35.1 Å². The minimum atomic E-state index is -4.54. The number of alkyl halides is 3. The third kappa shape index (κ3) is 3.09. The molecule has 1 heterocycles. The van der Waals surface area contributed by atoms with Crippen molar-refractivity contribution in [3.63, 3.8) is 0 Å². The lowest BCUT2D eigenvalue weighted by molar-refractivity contribution is -0.142. The van der Waals surface area contributed by atoms with E-state index < -0.39 is 29.6 Å². The molecule has 1 aliphatic rings. The Morgan fingerprint density at radius 1 is 1.40 bits per heavy atom. The summed E-state index contributed by atoms with van der Waals surface area (Å²) >= 11 is 0. The molecule has 0 unspecified atom stereocenters. The van der Waals surface area contributed by atoms with Gasteiger partial charge in [0.1, 0.15) is 11.9 Å². The van der Waals surface area contributed by atoms with Gasteiger partial charge >= 0.3 is 12.1 Å². The molecule has 1 aromatic rings. The summed E-state index contributed by atoms with van der Waals surface area (Å²) in [5, 5.41) is 9.00. The smallest absolute Gasteiger partial charge is 0.416 e. The molecule has 0 aromatic heterocycles. The first-order chi connectivity index (χ1) is 9.29. The van der Waals surface area contributed by atoms with Gasteiger partial charge in [0.15, 0.2) is 0 Å². The monoisotopic (exact) mass is 291 g/mol. The van der Waals surface area contributed by atoms with Gasteiger partial charge in [0.25, 0.3) is 0 Å². The number of rotatable bonds is 3. The van der Waals surface area contributed by atoms with Crippen LogP contribution in [0.3, 0.4) is 0 Å². The van der Waals surface area contributed by atoms with Crippen molar-refractivity contribution in [3.8, 4) is 0 Å². The summed E-state index contributed by atoms with van der Waals surface area (Å²) in [6.07, 6.45) is -3.48. The zero-order valence-electron chi connectivity index (χ0n) is 10.5. The molecule has 1 aromatic carbocycles. The number of carbonyl (C=O) groups is 1. The molecule has 1 N–H and O–H groups in total. The normalized spacial score (nSPS) is 20.3. The molecule has 1 atom stereocenters. The molecule has 0 aliphatic carbocycles. The molecule has 0 bridgehead atoms. The van der Waals surface area contributed by atoms with Gasteiger partial charge < -0.3 is 5.11 Å². The van der Waals surface area contributed by atoms with Crippen LogP contribution >= 0.6 is 0 Å². The van der Waals surface area contributed by atoms with Crippen LogP contribution < -0.4 is 0 Å². The van der Waals surface area contributed by atoms with Crippen LogP contribution in [0.4, 0.5) is 17.6 Å². The van der Waals surface area contributed by atoms with Gasteiger partial charge in [-0.15, -0.1) is 0 Å². The van der Waals surface area contributed by atoms with Crippen molar-refractivity contribution < 1.29 is 27.5 Å². The van der Waals surface area contributed by atoms with Crippen molar-refractivity contribution in [1.82, 2.24) is 4.90 Å². The summed E-state index contributed by atoms with van der Waals surface area (Å²) < 4.78 is 51.4. The van der Waals surface area contributed by atoms with Crippen molar-refractivity contribution in [1.29, 1.82) is 0 Å². The van der Waals surface area contributed by atoms with E-state index in [9.17, 15) is 22.4 Å². The van der Waals surface area contributed by atoms with Gasteiger partial charge in [-0.1, -0.05) is 0 Å². The van der Waals surface area contributed by atoms with Gasteiger partial charge in [-0.25, -0.2) is 4.39 Å². The number of aliphatic carboxylic acids is 1. The molecule has 1 aliphatic heterocycles. The lowest BCUT2D eigenvalue weighted by Gasteiger charge is -2.21. The number of likely N-dealkylation sites (tertiary alicyclic amines) is 1. The quantitative estimate of drug-likeness (QED) is 0.871. The Labute approximate surface area is 112 Å². The number of hydrogen-bond acceptors (Lipinski definition) is 2. The Morgan fingerprint density at radius 3 is 2.70 bits per heavy atom. The number of benzene rings is 1. The Bertz CT molecular complexity index is 516. The van der Waals surface area contributed by atoms with E-state index in [4.69, 9.17) is 5.11 Å². The van der Waals surface area contributed by atoms with Gasteiger partial charge in [0.05, 0.1) is 5.56 Å². The second-order valence-corrected chi connectivity index (χ2v) is 4.77. The molecule has 1 fully saturated rings. The Morgan fingerprint density at radius 2 is 2.10 bits per heavy atom. The molecule has 0 amide bonds. The summed E-state index contributed by atoms with van der Waals surface area (Å²) in [5.41, 5.74) is -1.06. The first-order valence-corrected chi connectivity index (χ1v) is 6.11. The van der Waals surface area contributed by atoms with E-state index in [-0.39, 0.29) is 12.1 Å². The van der Waals surface area contributed by atoms with E-state index in [1.807, 2.05) is 0 Å². The molecule has 0 radical (unpaired) electrons. The molecular weight excluding hydrogens is 278 g/mol. The minimum Gasteiger partial charge on any atom is -0.480 e. The van der Waals surface area contributed by atoms with Crippen LogP contribution in [0.5, 0.6) is 0 Å². The van der Waals surface area contributed by atoms with Crippen LogP contribution in [0.2, 0.25) is 0 Å². The topological polar surface area (TPSA) is 40.5 Å². The molecule has 3 nitrogen and oxygen atoms in total. The third-order valence-corrected chi connectivity index (χ3v) is 3.40. The highest BCUT2D eigenvalue weighted by atomic mass is 19.4. The highest BCUT2D eigenvalue weighted by Crippen LogP contribution is 2.31. The van der Waals surface area contributed by atoms with Crippen molar-refractivity contribution in [2.75, 3.05) is 6.54 Å². The first-order valence-electron chi connectivity index (χ1n) is 6.11. The molecule has 0 saturated carbocycles. The number of hydrogen-bond donors (Lipinski definition) is 1. The fraction of sp³-hybridized carbons (Fsp3) is 0.462. The lowest BCUT2D eigenvalue weighted by atomic mass is 10.1. The van der Waals surface area contributed by atoms with Crippen LogP contribution in [0.15, 0.2) is 18.2 Å². The van der Waals surface area contributed by atoms with Crippen molar-refractivity contribution in [2.45, 2.75) is 31.6 Å². The van der Waals surface area contributed by atoms with Crippen LogP contribution in [0.25, 0.3) is 0 Å². The summed E-state index contributed by atoms with van der Waals surface area (Å²) in [7, 11) is 0. The molecule has 7 heteroatoms. The highest BCUT2D eigenvalue weighted by Gasteiger charge is 2.33. The van der Waals surface area contributed by atoms with Crippen LogP contribution in [-0.2, 0) is 17.5 Å². The maximum atomic E-state index is 13.6. The Hall–Kier alpha value is -1.63. The second kappa shape index (κ2) is 5.40. The summed E-state index contributed by atoms with van der Waals surface area (Å²) in [6, 6.07) is 1.43. The fourth-order valence-electron chi connectivity index (χ4n) is 2.39. The van der Waals surface area contributed by atoms with Gasteiger partial charge in [0, 0.05) is 12.1 Å². The zero-order chi connectivity index (χ0) is 14.9. The number of nitrogens with zero attached hydrogens (tertiary/aromatic N) is 1. The van der Waals surface area contributed by atoms with Gasteiger partial charge in [-0.05, 0) is 37.6 Å². The highest BCUT2D eigenvalue weighted by molar-refractivity contribution is 5.73. The van der Waals surface area contributed by atoms with E-state index >= 15 is 0 Å². The SMILES string of the molecule is O=C(O)[C@H]1CCCN1Cc1cc(C(F)(F)F)ccc1F. The maximum absolute atomic E-state index is 13.6. The van der Waals surface area contributed by atoms with Gasteiger partial charge in [-0.3, -0.25) is 9.69 Å². The average molecular weight is 291 g/mol. The van der Waals surface area contributed by atoms with E-state index in [0.29, 0.717) is 25.5 Å². The van der Waals surface area contributed by atoms with Crippen molar-refractivity contribution >= 4 is 5.97 Å². The number of carboxylic acid groups (broad SMARTS) is 1. The molecule has 20 heavy (non-hydrogen) atoms. The van der Waals surface area contributed by atoms with E-state index in [1.165, 1.54) is 4.90 Å². The van der Waals surface area contributed by atoms with Crippen molar-refractivity contribution in [2.24, 2.45) is 0 Å². The average Bonchev–Trinajstić information content (AvgIpc) is 2.78. The van der Waals surface area contributed by atoms with Gasteiger partial charge in [0.2, 0.25) is 0 Å². The van der Waals surface area contributed by atoms with E-state index in [2.05, 4.69) is 0 Å². The predicted molar refractivity (Wildman–Crippen MR) is 62.5 cm³/mol. The minimum absolute atomic E-state index is 0.132. The summed E-state index contributed by atoms with van der Waals surface area (Å²) in [4.78, 5) is 12.5. The Kier molecular flexibility index (Phi) is 3.99. The summed E-state index contributed by atoms with van der Waals surface area (Å²) in [6.45, 7) is 0.305. The maximum Gasteiger partial charge on any atom is 0.416 e. The molecule has 0 spiro atoms. The summed E-state index contributed by atoms with van der Waals surface area (Å²) in [5.74, 6) is -1.79. The fourth-order valence-corrected chi connectivity index (χ4v) is 2.39.